The molecule has 0 heterocycles. The first-order chi connectivity index (χ1) is 21.3. The van der Waals surface area contributed by atoms with Crippen LogP contribution in [0.2, 0.25) is 0 Å². The number of nitrogens with two attached hydrogens (primary N) is 2. The average molecular weight is 627 g/mol. The Bertz CT molecular complexity index is 1310. The number of carbonyl (C=O) groups excluding carboxylic acids is 6. The number of benzene rings is 2. The number of aliphatic hydroxyl groups excluding tert-OH is 1. The molecule has 5 atom stereocenters. The molecule has 5 amide bonds. The fourth-order valence-electron chi connectivity index (χ4n) is 4.12. The van der Waals surface area contributed by atoms with Crippen LogP contribution < -0.4 is 32.7 Å². The molecular formula is C31H42N6O8. The highest BCUT2D eigenvalue weighted by Gasteiger charge is 2.33. The van der Waals surface area contributed by atoms with E-state index in [-0.39, 0.29) is 13.0 Å². The van der Waals surface area contributed by atoms with E-state index in [1.807, 2.05) is 6.07 Å². The van der Waals surface area contributed by atoms with E-state index in [9.17, 15) is 33.9 Å². The Hall–Kier alpha value is -4.82. The summed E-state index contributed by atoms with van der Waals surface area (Å²) >= 11 is 0. The fraction of sp³-hybridized carbons (Fsp3) is 0.419. The number of hydrogen-bond donors (Lipinski definition) is 7. The van der Waals surface area contributed by atoms with Crippen LogP contribution in [0.1, 0.15) is 38.3 Å². The van der Waals surface area contributed by atoms with Gasteiger partial charge in [-0.15, -0.1) is 0 Å². The first-order valence-electron chi connectivity index (χ1n) is 14.4. The maximum Gasteiger partial charge on any atom is 0.328 e. The Kier molecular flexibility index (Phi) is 14.6. The lowest BCUT2D eigenvalue weighted by atomic mass is 10.00. The van der Waals surface area contributed by atoms with Gasteiger partial charge in [-0.2, -0.15) is 0 Å². The molecule has 0 spiro atoms. The van der Waals surface area contributed by atoms with Crippen LogP contribution in [0.4, 0.5) is 0 Å². The molecule has 0 bridgehead atoms. The van der Waals surface area contributed by atoms with Crippen LogP contribution in [0, 0.1) is 5.92 Å². The van der Waals surface area contributed by atoms with Crippen molar-refractivity contribution in [2.45, 2.75) is 70.5 Å². The Labute approximate surface area is 261 Å². The minimum atomic E-state index is -1.63. The smallest absolute Gasteiger partial charge is 0.328 e. The molecule has 0 fully saturated rings. The zero-order chi connectivity index (χ0) is 33.5. The second-order valence-electron chi connectivity index (χ2n) is 10.8. The van der Waals surface area contributed by atoms with E-state index in [0.717, 1.165) is 5.56 Å². The number of esters is 1. The van der Waals surface area contributed by atoms with E-state index in [2.05, 4.69) is 21.3 Å². The van der Waals surface area contributed by atoms with Crippen molar-refractivity contribution < 1.29 is 38.6 Å². The third-order valence-electron chi connectivity index (χ3n) is 6.66. The molecule has 0 aromatic heterocycles. The highest BCUT2D eigenvalue weighted by Crippen LogP contribution is 2.09. The summed E-state index contributed by atoms with van der Waals surface area (Å²) in [6.45, 7) is 4.33. The summed E-state index contributed by atoms with van der Waals surface area (Å²) in [5, 5.41) is 19.6. The molecule has 0 aliphatic rings. The second-order valence-corrected chi connectivity index (χ2v) is 10.8. The number of hydrogen-bond acceptors (Lipinski definition) is 9. The minimum Gasteiger partial charge on any atom is -0.459 e. The van der Waals surface area contributed by atoms with Gasteiger partial charge in [0.15, 0.2) is 0 Å². The molecule has 2 aromatic rings. The molecular weight excluding hydrogens is 584 g/mol. The molecule has 14 nitrogen and oxygen atoms in total. The van der Waals surface area contributed by atoms with Crippen molar-refractivity contribution in [1.82, 2.24) is 21.3 Å². The lowest BCUT2D eigenvalue weighted by molar-refractivity contribution is -0.148. The highest BCUT2D eigenvalue weighted by atomic mass is 16.5. The molecule has 2 aromatic carbocycles. The van der Waals surface area contributed by atoms with Crippen LogP contribution in [0.15, 0.2) is 60.7 Å². The Morgan fingerprint density at radius 3 is 1.80 bits per heavy atom. The van der Waals surface area contributed by atoms with Gasteiger partial charge in [-0.25, -0.2) is 4.79 Å². The summed E-state index contributed by atoms with van der Waals surface area (Å²) in [6.07, 6.45) is -2.19. The highest BCUT2D eigenvalue weighted by molar-refractivity contribution is 5.97. The molecule has 0 radical (unpaired) electrons. The zero-order valence-electron chi connectivity index (χ0n) is 25.5. The predicted octanol–water partition coefficient (Wildman–Crippen LogP) is -1.22. The van der Waals surface area contributed by atoms with Gasteiger partial charge in [-0.3, -0.25) is 24.0 Å². The average Bonchev–Trinajstić information content (AvgIpc) is 3.01. The lowest BCUT2D eigenvalue weighted by Gasteiger charge is -2.27. The van der Waals surface area contributed by atoms with Crippen molar-refractivity contribution in [3.05, 3.63) is 71.8 Å². The fourth-order valence-corrected chi connectivity index (χ4v) is 4.12. The van der Waals surface area contributed by atoms with E-state index >= 15 is 0 Å². The Balaban J connectivity index is 2.18. The van der Waals surface area contributed by atoms with Crippen molar-refractivity contribution >= 4 is 35.5 Å². The van der Waals surface area contributed by atoms with Crippen LogP contribution in [0.25, 0.3) is 0 Å². The number of amides is 5. The summed E-state index contributed by atoms with van der Waals surface area (Å²) < 4.78 is 5.31. The van der Waals surface area contributed by atoms with Gasteiger partial charge in [0.1, 0.15) is 36.9 Å². The molecule has 14 heteroatoms. The predicted molar refractivity (Wildman–Crippen MR) is 163 cm³/mol. The van der Waals surface area contributed by atoms with E-state index in [1.54, 1.807) is 68.4 Å². The molecule has 0 aliphatic heterocycles. The quantitative estimate of drug-likeness (QED) is 0.104. The molecule has 244 valence electrons. The van der Waals surface area contributed by atoms with Gasteiger partial charge in [-0.1, -0.05) is 74.5 Å². The van der Waals surface area contributed by atoms with E-state index in [0.29, 0.717) is 5.56 Å². The summed E-state index contributed by atoms with van der Waals surface area (Å²) in [6, 6.07) is 12.9. The van der Waals surface area contributed by atoms with Crippen molar-refractivity contribution in [1.29, 1.82) is 0 Å². The van der Waals surface area contributed by atoms with Gasteiger partial charge >= 0.3 is 5.97 Å². The van der Waals surface area contributed by atoms with Crippen LogP contribution in [-0.4, -0.2) is 77.4 Å². The summed E-state index contributed by atoms with van der Waals surface area (Å²) in [5.41, 5.74) is 12.0. The molecule has 45 heavy (non-hydrogen) atoms. The number of carbonyl (C=O) groups is 6. The molecule has 9 N–H and O–H groups in total. The number of aliphatic hydroxyl groups is 1. The number of ether oxygens (including phenoxy) is 1. The third-order valence-corrected chi connectivity index (χ3v) is 6.66. The van der Waals surface area contributed by atoms with E-state index in [1.165, 1.54) is 6.92 Å². The van der Waals surface area contributed by atoms with Gasteiger partial charge in [0, 0.05) is 13.0 Å². The number of nitrogens with one attached hydrogen (secondary N) is 4. The van der Waals surface area contributed by atoms with Crippen LogP contribution in [0.5, 0.6) is 0 Å². The van der Waals surface area contributed by atoms with Crippen LogP contribution in [-0.2, 0) is 46.5 Å². The molecule has 0 saturated carbocycles. The van der Waals surface area contributed by atoms with E-state index in [4.69, 9.17) is 16.2 Å². The topological polar surface area (TPSA) is 232 Å². The maximum atomic E-state index is 13.5. The van der Waals surface area contributed by atoms with E-state index < -0.39 is 84.7 Å². The van der Waals surface area contributed by atoms with Crippen LogP contribution >= 0.6 is 0 Å². The number of primary amides is 1. The summed E-state index contributed by atoms with van der Waals surface area (Å²) in [4.78, 5) is 76.3. The largest absolute Gasteiger partial charge is 0.459 e. The first-order valence-corrected chi connectivity index (χ1v) is 14.4. The zero-order valence-corrected chi connectivity index (χ0v) is 25.5. The monoisotopic (exact) mass is 626 g/mol. The summed E-state index contributed by atoms with van der Waals surface area (Å²) in [5.74, 6) is -5.43. The first kappa shape index (κ1) is 36.4. The molecule has 0 aliphatic carbocycles. The standard InChI is InChI=1S/C31H42N6O8/c1-18(2)26(37-28(41)23(15-25(33)39)35-29(42)24(38)16-32)30(43)36-22(14-20-10-6-4-7-11-20)27(40)34-19(3)31(44)45-17-21-12-8-5-9-13-21/h4-13,18-19,22-24,26,38H,14-17,32H2,1-3H3,(H2,33,39)(H,34,40)(H,35,42)(H,36,43)(H,37,41)/t19-,22-,23-,24-,26-/m0/s1. The van der Waals surface area contributed by atoms with Gasteiger partial charge in [0.05, 0.1) is 6.42 Å². The van der Waals surface area contributed by atoms with Gasteiger partial charge in [-0.05, 0) is 24.0 Å². The Morgan fingerprint density at radius 1 is 0.733 bits per heavy atom. The normalized spacial score (nSPS) is 14.2. The Morgan fingerprint density at radius 2 is 1.27 bits per heavy atom. The molecule has 0 unspecified atom stereocenters. The van der Waals surface area contributed by atoms with Gasteiger partial charge < -0.3 is 42.6 Å². The van der Waals surface area contributed by atoms with Crippen molar-refractivity contribution in [3.8, 4) is 0 Å². The lowest BCUT2D eigenvalue weighted by Crippen LogP contribution is -2.60. The van der Waals surface area contributed by atoms with Crippen LogP contribution in [0.3, 0.4) is 0 Å². The molecule has 0 saturated heterocycles. The minimum absolute atomic E-state index is 0.0161. The number of rotatable bonds is 17. The third kappa shape index (κ3) is 12.4. The SMILES string of the molecule is CC(C)[C@H](NC(=O)[C@H](CC(N)=O)NC(=O)[C@@H](O)CN)C(=O)N[C@@H](Cc1ccccc1)C(=O)N[C@@H](C)C(=O)OCc1ccccc1. The second kappa shape index (κ2) is 18.1. The van der Waals surface area contributed by atoms with Gasteiger partial charge in [0.25, 0.3) is 5.91 Å². The molecule has 2 rings (SSSR count). The van der Waals surface area contributed by atoms with Crippen molar-refractivity contribution in [2.24, 2.45) is 17.4 Å². The van der Waals surface area contributed by atoms with Gasteiger partial charge in [0.2, 0.25) is 23.6 Å². The maximum absolute atomic E-state index is 13.5. The summed E-state index contributed by atoms with van der Waals surface area (Å²) in [7, 11) is 0. The van der Waals surface area contributed by atoms with Crippen molar-refractivity contribution in [3.63, 3.8) is 0 Å². The van der Waals surface area contributed by atoms with Crippen molar-refractivity contribution in [2.75, 3.05) is 6.54 Å².